The predicted molar refractivity (Wildman–Crippen MR) is 95.0 cm³/mol. The second kappa shape index (κ2) is 7.82. The molecule has 0 unspecified atom stereocenters. The summed E-state index contributed by atoms with van der Waals surface area (Å²) in [6.45, 7) is 1.89. The number of carbonyl (C=O) groups excluding carboxylic acids is 3. The standard InChI is InChI=1S/C15H14INO5S/c1-3-21-13(18)8-22-11-5-4-9(6-10(11)16)7-12-14(19)17(2)15(20)23-12/h4-7H,3,8H2,1-2H3/b12-7-. The van der Waals surface area contributed by atoms with Crippen molar-refractivity contribution in [1.82, 2.24) is 4.90 Å². The van der Waals surface area contributed by atoms with Crippen LogP contribution in [-0.2, 0) is 14.3 Å². The van der Waals surface area contributed by atoms with Gasteiger partial charge in [-0.3, -0.25) is 14.5 Å². The van der Waals surface area contributed by atoms with E-state index in [9.17, 15) is 14.4 Å². The molecule has 0 aromatic heterocycles. The van der Waals surface area contributed by atoms with Crippen molar-refractivity contribution >= 4 is 57.5 Å². The summed E-state index contributed by atoms with van der Waals surface area (Å²) in [6, 6.07) is 5.28. The number of hydrogen-bond acceptors (Lipinski definition) is 6. The number of hydrogen-bond donors (Lipinski definition) is 0. The third kappa shape index (κ3) is 4.47. The lowest BCUT2D eigenvalue weighted by Crippen LogP contribution is -2.22. The molecule has 0 spiro atoms. The van der Waals surface area contributed by atoms with Gasteiger partial charge in [0.1, 0.15) is 5.75 Å². The average Bonchev–Trinajstić information content (AvgIpc) is 2.74. The second-order valence-electron chi connectivity index (χ2n) is 4.52. The molecule has 0 aliphatic carbocycles. The molecule has 1 heterocycles. The molecule has 2 amide bonds. The highest BCUT2D eigenvalue weighted by Gasteiger charge is 2.31. The summed E-state index contributed by atoms with van der Waals surface area (Å²) in [4.78, 5) is 36.1. The third-order valence-corrected chi connectivity index (χ3v) is 4.69. The van der Waals surface area contributed by atoms with Crippen LogP contribution in [0.3, 0.4) is 0 Å². The van der Waals surface area contributed by atoms with Crippen LogP contribution in [0.4, 0.5) is 4.79 Å². The van der Waals surface area contributed by atoms with Gasteiger partial charge in [-0.25, -0.2) is 4.79 Å². The molecule has 1 aliphatic heterocycles. The fourth-order valence-electron chi connectivity index (χ4n) is 1.76. The Bertz CT molecular complexity index is 688. The molecule has 0 saturated carbocycles. The van der Waals surface area contributed by atoms with E-state index in [1.165, 1.54) is 7.05 Å². The molecule has 1 fully saturated rings. The highest BCUT2D eigenvalue weighted by Crippen LogP contribution is 2.32. The van der Waals surface area contributed by atoms with Crippen LogP contribution in [-0.4, -0.2) is 42.3 Å². The Morgan fingerprint density at radius 3 is 2.70 bits per heavy atom. The van der Waals surface area contributed by atoms with E-state index in [0.717, 1.165) is 25.8 Å². The number of benzene rings is 1. The first-order chi connectivity index (χ1) is 10.9. The summed E-state index contributed by atoms with van der Waals surface area (Å²) in [7, 11) is 1.45. The number of imide groups is 1. The maximum absolute atomic E-state index is 11.8. The molecule has 8 heteroatoms. The molecule has 6 nitrogen and oxygen atoms in total. The number of ether oxygens (including phenoxy) is 2. The predicted octanol–water partition coefficient (Wildman–Crippen LogP) is 2.90. The Kier molecular flexibility index (Phi) is 6.05. The van der Waals surface area contributed by atoms with Crippen molar-refractivity contribution in [2.24, 2.45) is 0 Å². The van der Waals surface area contributed by atoms with Crippen LogP contribution in [0, 0.1) is 3.57 Å². The summed E-state index contributed by atoms with van der Waals surface area (Å²) in [6.07, 6.45) is 1.66. The molecule has 2 rings (SSSR count). The van der Waals surface area contributed by atoms with Gasteiger partial charge in [0.2, 0.25) is 0 Å². The lowest BCUT2D eigenvalue weighted by Gasteiger charge is -2.08. The first kappa shape index (κ1) is 17.8. The molecule has 0 radical (unpaired) electrons. The molecule has 1 saturated heterocycles. The van der Waals surface area contributed by atoms with E-state index in [-0.39, 0.29) is 17.8 Å². The number of halogens is 1. The SMILES string of the molecule is CCOC(=O)COc1ccc(/C=C2\SC(=O)N(C)C2=O)cc1I. The van der Waals surface area contributed by atoms with E-state index >= 15 is 0 Å². The third-order valence-electron chi connectivity index (χ3n) is 2.89. The lowest BCUT2D eigenvalue weighted by atomic mass is 10.2. The molecule has 0 N–H and O–H groups in total. The summed E-state index contributed by atoms with van der Waals surface area (Å²) in [5.74, 6) is -0.180. The van der Waals surface area contributed by atoms with Crippen molar-refractivity contribution in [1.29, 1.82) is 0 Å². The molecule has 1 aromatic carbocycles. The first-order valence-corrected chi connectivity index (χ1v) is 8.61. The molecule has 1 aliphatic rings. The quantitative estimate of drug-likeness (QED) is 0.393. The van der Waals surface area contributed by atoms with E-state index in [2.05, 4.69) is 22.6 Å². The number of rotatable bonds is 5. The summed E-state index contributed by atoms with van der Waals surface area (Å²) < 4.78 is 11.0. The number of likely N-dealkylation sites (N-methyl/N-ethyl adjacent to an activating group) is 1. The van der Waals surface area contributed by atoms with Crippen molar-refractivity contribution in [2.75, 3.05) is 20.3 Å². The molecule has 1 aromatic rings. The number of thioether (sulfide) groups is 1. The summed E-state index contributed by atoms with van der Waals surface area (Å²) in [5, 5.41) is -0.287. The first-order valence-electron chi connectivity index (χ1n) is 6.72. The zero-order chi connectivity index (χ0) is 17.0. The van der Waals surface area contributed by atoms with Crippen LogP contribution in [0.25, 0.3) is 6.08 Å². The van der Waals surface area contributed by atoms with E-state index in [0.29, 0.717) is 17.3 Å². The number of esters is 1. The summed E-state index contributed by atoms with van der Waals surface area (Å²) in [5.41, 5.74) is 0.775. The van der Waals surface area contributed by atoms with Crippen molar-refractivity contribution in [2.45, 2.75) is 6.92 Å². The maximum Gasteiger partial charge on any atom is 0.344 e. The van der Waals surface area contributed by atoms with Crippen LogP contribution < -0.4 is 4.74 Å². The maximum atomic E-state index is 11.8. The molecule has 0 bridgehead atoms. The molecule has 23 heavy (non-hydrogen) atoms. The topological polar surface area (TPSA) is 72.9 Å². The van der Waals surface area contributed by atoms with E-state index in [1.54, 1.807) is 25.1 Å². The number of nitrogens with zero attached hydrogens (tertiary/aromatic N) is 1. The van der Waals surface area contributed by atoms with Gasteiger partial charge >= 0.3 is 5.97 Å². The van der Waals surface area contributed by atoms with Crippen molar-refractivity contribution in [3.05, 3.63) is 32.2 Å². The van der Waals surface area contributed by atoms with E-state index in [4.69, 9.17) is 9.47 Å². The molecular weight excluding hydrogens is 433 g/mol. The van der Waals surface area contributed by atoms with Crippen LogP contribution in [0.1, 0.15) is 12.5 Å². The number of carbonyl (C=O) groups is 3. The highest BCUT2D eigenvalue weighted by atomic mass is 127. The highest BCUT2D eigenvalue weighted by molar-refractivity contribution is 14.1. The second-order valence-corrected chi connectivity index (χ2v) is 6.68. The zero-order valence-electron chi connectivity index (χ0n) is 12.5. The van der Waals surface area contributed by atoms with Gasteiger partial charge in [-0.1, -0.05) is 6.07 Å². The van der Waals surface area contributed by atoms with Gasteiger partial charge in [0.25, 0.3) is 11.1 Å². The smallest absolute Gasteiger partial charge is 0.344 e. The number of amides is 2. The van der Waals surface area contributed by atoms with Gasteiger partial charge in [0.15, 0.2) is 6.61 Å². The van der Waals surface area contributed by atoms with Gasteiger partial charge in [0.05, 0.1) is 15.1 Å². The van der Waals surface area contributed by atoms with Gasteiger partial charge in [-0.2, -0.15) is 0 Å². The minimum Gasteiger partial charge on any atom is -0.481 e. The van der Waals surface area contributed by atoms with Gasteiger partial charge in [-0.05, 0) is 65.0 Å². The molecular formula is C15H14INO5S. The normalized spacial score (nSPS) is 16.1. The van der Waals surface area contributed by atoms with Crippen LogP contribution in [0.5, 0.6) is 5.75 Å². The van der Waals surface area contributed by atoms with Crippen molar-refractivity contribution < 1.29 is 23.9 Å². The largest absolute Gasteiger partial charge is 0.481 e. The minimum atomic E-state index is -0.427. The zero-order valence-corrected chi connectivity index (χ0v) is 15.5. The van der Waals surface area contributed by atoms with Gasteiger partial charge in [0, 0.05) is 7.05 Å². The lowest BCUT2D eigenvalue weighted by molar-refractivity contribution is -0.145. The fraction of sp³-hybridized carbons (Fsp3) is 0.267. The van der Waals surface area contributed by atoms with Crippen LogP contribution >= 0.6 is 34.4 Å². The average molecular weight is 447 g/mol. The van der Waals surface area contributed by atoms with E-state index in [1.807, 2.05) is 6.07 Å². The Morgan fingerprint density at radius 1 is 1.39 bits per heavy atom. The fourth-order valence-corrected chi connectivity index (χ4v) is 3.28. The Morgan fingerprint density at radius 2 is 2.13 bits per heavy atom. The Labute approximate surface area is 151 Å². The monoisotopic (exact) mass is 447 g/mol. The van der Waals surface area contributed by atoms with Gasteiger partial charge in [-0.15, -0.1) is 0 Å². The van der Waals surface area contributed by atoms with E-state index < -0.39 is 5.97 Å². The van der Waals surface area contributed by atoms with Crippen molar-refractivity contribution in [3.63, 3.8) is 0 Å². The van der Waals surface area contributed by atoms with Crippen molar-refractivity contribution in [3.8, 4) is 5.75 Å². The van der Waals surface area contributed by atoms with Crippen LogP contribution in [0.2, 0.25) is 0 Å². The van der Waals surface area contributed by atoms with Gasteiger partial charge < -0.3 is 9.47 Å². The molecule has 122 valence electrons. The Balaban J connectivity index is 2.09. The summed E-state index contributed by atoms with van der Waals surface area (Å²) >= 11 is 2.99. The van der Waals surface area contributed by atoms with Crippen LogP contribution in [0.15, 0.2) is 23.1 Å². The minimum absolute atomic E-state index is 0.155. The Hall–Kier alpha value is -1.55. The molecule has 0 atom stereocenters.